The lowest BCUT2D eigenvalue weighted by atomic mass is 10.4. The van der Waals surface area contributed by atoms with Crippen molar-refractivity contribution in [3.05, 3.63) is 23.2 Å². The average Bonchev–Trinajstić information content (AvgIpc) is 2.91. The van der Waals surface area contributed by atoms with Gasteiger partial charge in [0.2, 0.25) is 5.89 Å². The van der Waals surface area contributed by atoms with Gasteiger partial charge in [0.25, 0.3) is 0 Å². The molecule has 0 atom stereocenters. The Morgan fingerprint density at radius 2 is 2.16 bits per heavy atom. The first-order valence-corrected chi connectivity index (χ1v) is 5.73. The van der Waals surface area contributed by atoms with Gasteiger partial charge in [0, 0.05) is 13.0 Å². The van der Waals surface area contributed by atoms with E-state index in [1.807, 2.05) is 0 Å². The van der Waals surface area contributed by atoms with Crippen molar-refractivity contribution < 1.29 is 14.1 Å². The quantitative estimate of drug-likeness (QED) is 0.801. The summed E-state index contributed by atoms with van der Waals surface area (Å²) < 4.78 is 11.3. The van der Waals surface area contributed by atoms with Crippen LogP contribution in [0.25, 0.3) is 0 Å². The number of nitrogens with two attached hydrogens (primary N) is 1. The van der Waals surface area contributed by atoms with E-state index in [-0.39, 0.29) is 11.5 Å². The molecule has 19 heavy (non-hydrogen) atoms. The van der Waals surface area contributed by atoms with Crippen LogP contribution >= 0.6 is 0 Å². The zero-order chi connectivity index (χ0) is 14.0. The number of carbonyl (C=O) groups is 1. The lowest BCUT2D eigenvalue weighted by molar-refractivity contribution is 0.0595. The maximum Gasteiger partial charge on any atom is 0.360 e. The van der Waals surface area contributed by atoms with E-state index in [0.29, 0.717) is 30.5 Å². The van der Waals surface area contributed by atoms with Crippen LogP contribution in [0.1, 0.15) is 28.0 Å². The molecule has 8 nitrogen and oxygen atoms in total. The van der Waals surface area contributed by atoms with Gasteiger partial charge >= 0.3 is 5.97 Å². The molecule has 2 N–H and O–H groups in total. The fraction of sp³-hybridized carbons (Fsp3) is 0.455. The van der Waals surface area contributed by atoms with Gasteiger partial charge in [-0.2, -0.15) is 4.98 Å². The predicted octanol–water partition coefficient (Wildman–Crippen LogP) is 0.494. The largest absolute Gasteiger partial charge is 0.464 e. The Kier molecular flexibility index (Phi) is 3.50. The van der Waals surface area contributed by atoms with Crippen LogP contribution in [0.2, 0.25) is 0 Å². The Labute approximate surface area is 109 Å². The molecule has 0 aromatic carbocycles. The molecule has 0 saturated carbocycles. The minimum Gasteiger partial charge on any atom is -0.464 e. The highest BCUT2D eigenvalue weighted by atomic mass is 16.5. The molecule has 0 bridgehead atoms. The fourth-order valence-electron chi connectivity index (χ4n) is 1.76. The fourth-order valence-corrected chi connectivity index (χ4v) is 1.76. The number of imidazole rings is 1. The molecule has 0 unspecified atom stereocenters. The highest BCUT2D eigenvalue weighted by molar-refractivity contribution is 5.92. The van der Waals surface area contributed by atoms with Crippen molar-refractivity contribution in [2.75, 3.05) is 12.8 Å². The minimum absolute atomic E-state index is 0.127. The summed E-state index contributed by atoms with van der Waals surface area (Å²) in [7, 11) is 1.29. The maximum atomic E-state index is 11.5. The van der Waals surface area contributed by atoms with Crippen LogP contribution in [0.4, 0.5) is 5.82 Å². The van der Waals surface area contributed by atoms with Gasteiger partial charge in [-0.3, -0.25) is 0 Å². The molecule has 0 amide bonds. The van der Waals surface area contributed by atoms with Crippen LogP contribution in [0, 0.1) is 13.8 Å². The lowest BCUT2D eigenvalue weighted by Gasteiger charge is -2.05. The number of nitrogen functional groups attached to an aromatic ring is 1. The van der Waals surface area contributed by atoms with Crippen LogP contribution in [-0.2, 0) is 17.7 Å². The lowest BCUT2D eigenvalue weighted by Crippen LogP contribution is -2.10. The van der Waals surface area contributed by atoms with Crippen molar-refractivity contribution in [3.63, 3.8) is 0 Å². The van der Waals surface area contributed by atoms with E-state index in [1.54, 1.807) is 18.4 Å². The highest BCUT2D eigenvalue weighted by Crippen LogP contribution is 2.16. The molecular formula is C11H15N5O3. The number of hydrogen-bond donors (Lipinski definition) is 1. The third kappa shape index (κ3) is 2.56. The molecule has 0 saturated heterocycles. The molecule has 2 heterocycles. The molecule has 8 heteroatoms. The molecule has 0 radical (unpaired) electrons. The summed E-state index contributed by atoms with van der Waals surface area (Å²) in [6.45, 7) is 4.02. The number of esters is 1. The van der Waals surface area contributed by atoms with E-state index in [9.17, 15) is 4.79 Å². The zero-order valence-electron chi connectivity index (χ0n) is 11.0. The molecular weight excluding hydrogens is 250 g/mol. The molecule has 0 aliphatic heterocycles. The van der Waals surface area contributed by atoms with Gasteiger partial charge in [-0.1, -0.05) is 5.16 Å². The number of aromatic nitrogens is 4. The monoisotopic (exact) mass is 265 g/mol. The molecule has 2 rings (SSSR count). The second-order valence-corrected chi connectivity index (χ2v) is 4.02. The molecule has 0 aliphatic rings. The number of nitrogens with zero attached hydrogens (tertiary/aromatic N) is 4. The Morgan fingerprint density at radius 3 is 2.74 bits per heavy atom. The Bertz CT molecular complexity index is 601. The van der Waals surface area contributed by atoms with Crippen molar-refractivity contribution in [3.8, 4) is 0 Å². The second-order valence-electron chi connectivity index (χ2n) is 4.02. The first-order valence-electron chi connectivity index (χ1n) is 5.73. The Hall–Kier alpha value is -2.38. The summed E-state index contributed by atoms with van der Waals surface area (Å²) >= 11 is 0. The number of anilines is 1. The molecule has 0 spiro atoms. The van der Waals surface area contributed by atoms with Crippen molar-refractivity contribution in [1.82, 2.24) is 19.7 Å². The summed E-state index contributed by atoms with van der Waals surface area (Å²) in [5.41, 5.74) is 6.01. The number of methoxy groups -OCH3 is 1. The van der Waals surface area contributed by atoms with E-state index < -0.39 is 5.97 Å². The summed E-state index contributed by atoms with van der Waals surface area (Å²) in [6, 6.07) is 0. The van der Waals surface area contributed by atoms with Gasteiger partial charge in [0.15, 0.2) is 11.5 Å². The third-order valence-corrected chi connectivity index (χ3v) is 2.70. The number of carbonyl (C=O) groups excluding carboxylic acids is 1. The number of rotatable bonds is 4. The standard InChI is InChI=1S/C11H15N5O3/c1-6-13-8(19-15-6)4-5-16-7(2)14-9(10(16)12)11(17)18-3/h4-5,12H2,1-3H3. The SMILES string of the molecule is COC(=O)c1nc(C)n(CCc2nc(C)no2)c1N. The van der Waals surface area contributed by atoms with Crippen LogP contribution in [0.15, 0.2) is 4.52 Å². The van der Waals surface area contributed by atoms with Gasteiger partial charge in [0.05, 0.1) is 7.11 Å². The van der Waals surface area contributed by atoms with Crippen LogP contribution < -0.4 is 5.73 Å². The summed E-state index contributed by atoms with van der Waals surface area (Å²) in [4.78, 5) is 19.7. The molecule has 102 valence electrons. The average molecular weight is 265 g/mol. The van der Waals surface area contributed by atoms with Gasteiger partial charge in [0.1, 0.15) is 11.6 Å². The van der Waals surface area contributed by atoms with Crippen LogP contribution in [0.5, 0.6) is 0 Å². The van der Waals surface area contributed by atoms with Gasteiger partial charge in [-0.05, 0) is 13.8 Å². The summed E-state index contributed by atoms with van der Waals surface area (Å²) in [5, 5.41) is 3.70. The summed E-state index contributed by atoms with van der Waals surface area (Å²) in [5.74, 6) is 1.47. The van der Waals surface area contributed by atoms with Gasteiger partial charge in [-0.25, -0.2) is 9.78 Å². The highest BCUT2D eigenvalue weighted by Gasteiger charge is 2.19. The van der Waals surface area contributed by atoms with Crippen molar-refractivity contribution >= 4 is 11.8 Å². The number of hydrogen-bond acceptors (Lipinski definition) is 7. The number of ether oxygens (including phenoxy) is 1. The normalized spacial score (nSPS) is 10.7. The second kappa shape index (κ2) is 5.09. The third-order valence-electron chi connectivity index (χ3n) is 2.70. The number of aryl methyl sites for hydroxylation is 3. The first-order chi connectivity index (χ1) is 9.02. The smallest absolute Gasteiger partial charge is 0.360 e. The summed E-state index contributed by atoms with van der Waals surface area (Å²) in [6.07, 6.45) is 0.517. The van der Waals surface area contributed by atoms with Crippen LogP contribution in [-0.4, -0.2) is 32.8 Å². The van der Waals surface area contributed by atoms with Crippen LogP contribution in [0.3, 0.4) is 0 Å². The zero-order valence-corrected chi connectivity index (χ0v) is 11.0. The van der Waals surface area contributed by atoms with E-state index in [0.717, 1.165) is 0 Å². The van der Waals surface area contributed by atoms with Crippen molar-refractivity contribution in [2.24, 2.45) is 0 Å². The Balaban J connectivity index is 2.16. The van der Waals surface area contributed by atoms with E-state index >= 15 is 0 Å². The maximum absolute atomic E-state index is 11.5. The molecule has 0 aliphatic carbocycles. The molecule has 2 aromatic rings. The molecule has 2 aromatic heterocycles. The molecule has 0 fully saturated rings. The van der Waals surface area contributed by atoms with Gasteiger partial charge in [-0.15, -0.1) is 0 Å². The van der Waals surface area contributed by atoms with E-state index in [2.05, 4.69) is 19.9 Å². The first kappa shape index (κ1) is 13.1. The minimum atomic E-state index is -0.548. The van der Waals surface area contributed by atoms with E-state index in [4.69, 9.17) is 10.3 Å². The van der Waals surface area contributed by atoms with E-state index in [1.165, 1.54) is 7.11 Å². The van der Waals surface area contributed by atoms with Crippen molar-refractivity contribution in [1.29, 1.82) is 0 Å². The van der Waals surface area contributed by atoms with Crippen molar-refractivity contribution in [2.45, 2.75) is 26.8 Å². The van der Waals surface area contributed by atoms with Gasteiger partial charge < -0.3 is 19.6 Å². The Morgan fingerprint density at radius 1 is 1.42 bits per heavy atom. The predicted molar refractivity (Wildman–Crippen MR) is 65.5 cm³/mol. The topological polar surface area (TPSA) is 109 Å².